The van der Waals surface area contributed by atoms with Gasteiger partial charge in [-0.3, -0.25) is 0 Å². The number of nitrogens with zero attached hydrogens (tertiary/aromatic N) is 1. The van der Waals surface area contributed by atoms with E-state index in [1.807, 2.05) is 6.07 Å². The van der Waals surface area contributed by atoms with Gasteiger partial charge in [-0.1, -0.05) is 18.1 Å². The topological polar surface area (TPSA) is 70.0 Å². The molecule has 1 rings (SSSR count). The van der Waals surface area contributed by atoms with E-state index in [9.17, 15) is 8.42 Å². The van der Waals surface area contributed by atoms with Gasteiger partial charge < -0.3 is 0 Å². The lowest BCUT2D eigenvalue weighted by molar-refractivity contribution is 0.539. The molecule has 0 saturated carbocycles. The van der Waals surface area contributed by atoms with Crippen molar-refractivity contribution in [1.29, 1.82) is 5.26 Å². The zero-order chi connectivity index (χ0) is 13.8. The smallest absolute Gasteiger partial charge is 0.207 e. The number of nitrogens with one attached hydrogen (secondary N) is 1. The third-order valence-corrected chi connectivity index (χ3v) is 3.94. The maximum absolute atomic E-state index is 12.0. The zero-order valence-electron chi connectivity index (χ0n) is 10.3. The summed E-state index contributed by atoms with van der Waals surface area (Å²) >= 11 is 0. The van der Waals surface area contributed by atoms with E-state index in [2.05, 4.69) is 10.6 Å². The Bertz CT molecular complexity index is 602. The highest BCUT2D eigenvalue weighted by atomic mass is 32.2. The molecule has 94 valence electrons. The predicted octanol–water partition coefficient (Wildman–Crippen LogP) is 1.44. The zero-order valence-corrected chi connectivity index (χ0v) is 11.1. The van der Waals surface area contributed by atoms with Crippen LogP contribution >= 0.6 is 0 Å². The van der Waals surface area contributed by atoms with Gasteiger partial charge in [0.1, 0.15) is 0 Å². The molecule has 5 heteroatoms. The van der Waals surface area contributed by atoms with Crippen molar-refractivity contribution in [1.82, 2.24) is 4.72 Å². The second-order valence-electron chi connectivity index (χ2n) is 4.35. The van der Waals surface area contributed by atoms with Gasteiger partial charge in [-0.2, -0.15) is 9.98 Å². The Morgan fingerprint density at radius 2 is 1.89 bits per heavy atom. The fourth-order valence-electron chi connectivity index (χ4n) is 1.30. The first-order valence-electron chi connectivity index (χ1n) is 5.28. The number of hydrogen-bond acceptors (Lipinski definition) is 3. The summed E-state index contributed by atoms with van der Waals surface area (Å²) in [5.74, 6) is 2.37. The van der Waals surface area contributed by atoms with Crippen molar-refractivity contribution in [2.45, 2.75) is 30.7 Å². The predicted molar refractivity (Wildman–Crippen MR) is 69.0 cm³/mol. The summed E-state index contributed by atoms with van der Waals surface area (Å²) in [5.41, 5.74) is -0.169. The van der Waals surface area contributed by atoms with Gasteiger partial charge >= 0.3 is 0 Å². The van der Waals surface area contributed by atoms with Gasteiger partial charge in [-0.15, -0.1) is 6.42 Å². The van der Waals surface area contributed by atoms with Crippen molar-refractivity contribution in [3.05, 3.63) is 29.8 Å². The molecule has 0 fully saturated rings. The molecule has 4 nitrogen and oxygen atoms in total. The molecule has 0 atom stereocenters. The van der Waals surface area contributed by atoms with Crippen LogP contribution in [0.2, 0.25) is 0 Å². The first-order chi connectivity index (χ1) is 8.30. The maximum Gasteiger partial charge on any atom is 0.241 e. The van der Waals surface area contributed by atoms with Gasteiger partial charge in [0.2, 0.25) is 10.0 Å². The molecule has 0 aromatic heterocycles. The molecule has 0 bridgehead atoms. The van der Waals surface area contributed by atoms with E-state index in [1.54, 1.807) is 26.0 Å². The second-order valence-corrected chi connectivity index (χ2v) is 6.04. The minimum absolute atomic E-state index is 0.132. The van der Waals surface area contributed by atoms with Crippen LogP contribution in [-0.4, -0.2) is 14.0 Å². The van der Waals surface area contributed by atoms with Crippen molar-refractivity contribution >= 4 is 10.0 Å². The van der Waals surface area contributed by atoms with Crippen LogP contribution in [0.25, 0.3) is 0 Å². The average molecular weight is 262 g/mol. The average Bonchev–Trinajstić information content (AvgIpc) is 2.29. The Morgan fingerprint density at radius 3 is 2.33 bits per heavy atom. The molecule has 0 radical (unpaired) electrons. The Kier molecular flexibility index (Phi) is 4.13. The standard InChI is InChI=1S/C13H14N2O2S/c1-4-13(2,3)15-18(16,17)12-7-5-11(6-8-12)9-10-14/h1,5-8,15H,9H2,2-3H3. The first kappa shape index (κ1) is 14.2. The molecule has 1 aromatic carbocycles. The Hall–Kier alpha value is -1.82. The van der Waals surface area contributed by atoms with E-state index in [4.69, 9.17) is 11.7 Å². The number of benzene rings is 1. The van der Waals surface area contributed by atoms with Gasteiger partial charge in [-0.05, 0) is 31.5 Å². The fourth-order valence-corrected chi connectivity index (χ4v) is 2.65. The van der Waals surface area contributed by atoms with Crippen LogP contribution in [0.15, 0.2) is 29.2 Å². The van der Waals surface area contributed by atoms with Crippen LogP contribution in [0.3, 0.4) is 0 Å². The monoisotopic (exact) mass is 262 g/mol. The van der Waals surface area contributed by atoms with Crippen molar-refractivity contribution < 1.29 is 8.42 Å². The highest BCUT2D eigenvalue weighted by molar-refractivity contribution is 7.89. The summed E-state index contributed by atoms with van der Waals surface area (Å²) in [6, 6.07) is 8.14. The Labute approximate surface area is 108 Å². The van der Waals surface area contributed by atoms with Gasteiger partial charge in [-0.25, -0.2) is 8.42 Å². The molecule has 1 N–H and O–H groups in total. The molecule has 18 heavy (non-hydrogen) atoms. The number of terminal acetylenes is 1. The summed E-state index contributed by atoms with van der Waals surface area (Å²) in [7, 11) is -3.64. The summed E-state index contributed by atoms with van der Waals surface area (Å²) in [4.78, 5) is 0.132. The Morgan fingerprint density at radius 1 is 1.33 bits per heavy atom. The summed E-state index contributed by atoms with van der Waals surface area (Å²) in [6.07, 6.45) is 5.50. The minimum atomic E-state index is -3.64. The molecule has 0 saturated heterocycles. The van der Waals surface area contributed by atoms with E-state index in [0.29, 0.717) is 0 Å². The number of nitriles is 1. The molecular weight excluding hydrogens is 248 g/mol. The van der Waals surface area contributed by atoms with Crippen molar-refractivity contribution in [2.24, 2.45) is 0 Å². The lowest BCUT2D eigenvalue weighted by atomic mass is 10.1. The third kappa shape index (κ3) is 3.59. The van der Waals surface area contributed by atoms with Crippen LogP contribution in [0.5, 0.6) is 0 Å². The van der Waals surface area contributed by atoms with Crippen molar-refractivity contribution in [3.8, 4) is 18.4 Å². The molecule has 0 unspecified atom stereocenters. The highest BCUT2D eigenvalue weighted by Crippen LogP contribution is 2.14. The molecular formula is C13H14N2O2S. The van der Waals surface area contributed by atoms with Gasteiger partial charge in [0.15, 0.2) is 0 Å². The van der Waals surface area contributed by atoms with Crippen LogP contribution in [-0.2, 0) is 16.4 Å². The van der Waals surface area contributed by atoms with E-state index in [1.165, 1.54) is 12.1 Å². The van der Waals surface area contributed by atoms with E-state index in [-0.39, 0.29) is 11.3 Å². The molecule has 0 amide bonds. The van der Waals surface area contributed by atoms with E-state index in [0.717, 1.165) is 5.56 Å². The summed E-state index contributed by atoms with van der Waals surface area (Å²) in [6.45, 7) is 3.21. The molecule has 0 spiro atoms. The SMILES string of the molecule is C#CC(C)(C)NS(=O)(=O)c1ccc(CC#N)cc1. The van der Waals surface area contributed by atoms with Gasteiger partial charge in [0.05, 0.1) is 22.9 Å². The lowest BCUT2D eigenvalue weighted by Gasteiger charge is -2.19. The molecule has 0 aliphatic rings. The molecule has 1 aromatic rings. The van der Waals surface area contributed by atoms with Crippen LogP contribution in [0, 0.1) is 23.7 Å². The number of rotatable bonds is 4. The summed E-state index contributed by atoms with van der Waals surface area (Å²) in [5, 5.41) is 8.53. The Balaban J connectivity index is 3.01. The summed E-state index contributed by atoms with van der Waals surface area (Å²) < 4.78 is 26.4. The highest BCUT2D eigenvalue weighted by Gasteiger charge is 2.23. The largest absolute Gasteiger partial charge is 0.241 e. The quantitative estimate of drug-likeness (QED) is 0.835. The van der Waals surface area contributed by atoms with E-state index >= 15 is 0 Å². The molecule has 0 aliphatic carbocycles. The van der Waals surface area contributed by atoms with Crippen LogP contribution in [0.4, 0.5) is 0 Å². The normalized spacial score (nSPS) is 11.6. The van der Waals surface area contributed by atoms with Crippen LogP contribution in [0.1, 0.15) is 19.4 Å². The number of hydrogen-bond donors (Lipinski definition) is 1. The van der Waals surface area contributed by atoms with Gasteiger partial charge in [0.25, 0.3) is 0 Å². The lowest BCUT2D eigenvalue weighted by Crippen LogP contribution is -2.41. The molecule has 0 heterocycles. The van der Waals surface area contributed by atoms with Crippen molar-refractivity contribution in [2.75, 3.05) is 0 Å². The fraction of sp³-hybridized carbons (Fsp3) is 0.308. The molecule has 0 aliphatic heterocycles. The van der Waals surface area contributed by atoms with E-state index < -0.39 is 15.6 Å². The third-order valence-electron chi connectivity index (χ3n) is 2.27. The number of sulfonamides is 1. The first-order valence-corrected chi connectivity index (χ1v) is 6.77. The van der Waals surface area contributed by atoms with Crippen LogP contribution < -0.4 is 4.72 Å². The second kappa shape index (κ2) is 5.22. The van der Waals surface area contributed by atoms with Crippen molar-refractivity contribution in [3.63, 3.8) is 0 Å². The van der Waals surface area contributed by atoms with Gasteiger partial charge in [0, 0.05) is 0 Å². The maximum atomic E-state index is 12.0. The minimum Gasteiger partial charge on any atom is -0.207 e.